The van der Waals surface area contributed by atoms with E-state index in [1.165, 1.54) is 11.0 Å². The second-order valence-electron chi connectivity index (χ2n) is 7.10. The molecule has 3 rings (SSSR count). The van der Waals surface area contributed by atoms with Gasteiger partial charge in [0.15, 0.2) is 0 Å². The van der Waals surface area contributed by atoms with E-state index in [-0.39, 0.29) is 23.5 Å². The molecule has 140 valence electrons. The Morgan fingerprint density at radius 2 is 2.08 bits per heavy atom. The number of anilines is 1. The van der Waals surface area contributed by atoms with Gasteiger partial charge in [0.05, 0.1) is 19.3 Å². The molecule has 1 aromatic carbocycles. The van der Waals surface area contributed by atoms with Crippen LogP contribution in [0.15, 0.2) is 36.9 Å². The molecular formula is C20H26N2O4. The van der Waals surface area contributed by atoms with Crippen LogP contribution in [0.4, 0.5) is 5.69 Å². The fourth-order valence-electron chi connectivity index (χ4n) is 3.70. The zero-order valence-electron chi connectivity index (χ0n) is 15.4. The van der Waals surface area contributed by atoms with E-state index in [9.17, 15) is 9.59 Å². The highest BCUT2D eigenvalue weighted by Gasteiger charge is 2.42. The summed E-state index contributed by atoms with van der Waals surface area (Å²) in [7, 11) is 1.68. The second-order valence-corrected chi connectivity index (χ2v) is 7.10. The lowest BCUT2D eigenvalue weighted by molar-refractivity contribution is -0.188. The third-order valence-electron chi connectivity index (χ3n) is 4.99. The van der Waals surface area contributed by atoms with Crippen LogP contribution in [0, 0.1) is 0 Å². The summed E-state index contributed by atoms with van der Waals surface area (Å²) >= 11 is 0. The third-order valence-corrected chi connectivity index (χ3v) is 4.99. The predicted molar refractivity (Wildman–Crippen MR) is 99.3 cm³/mol. The molecule has 2 heterocycles. The Kier molecular flexibility index (Phi) is 5.44. The monoisotopic (exact) mass is 358 g/mol. The average molecular weight is 358 g/mol. The van der Waals surface area contributed by atoms with Crippen molar-refractivity contribution in [2.45, 2.75) is 31.5 Å². The van der Waals surface area contributed by atoms with Crippen LogP contribution in [0.1, 0.15) is 30.1 Å². The first-order chi connectivity index (χ1) is 12.4. The minimum atomic E-state index is -0.387. The van der Waals surface area contributed by atoms with Crippen molar-refractivity contribution in [3.8, 4) is 0 Å². The average Bonchev–Trinajstić information content (AvgIpc) is 2.66. The number of rotatable bonds is 3. The van der Waals surface area contributed by atoms with Gasteiger partial charge >= 0.3 is 0 Å². The van der Waals surface area contributed by atoms with Gasteiger partial charge in [0, 0.05) is 31.5 Å². The van der Waals surface area contributed by atoms with E-state index in [2.05, 4.69) is 6.58 Å². The van der Waals surface area contributed by atoms with Crippen LogP contribution in [-0.2, 0) is 14.3 Å². The summed E-state index contributed by atoms with van der Waals surface area (Å²) in [4.78, 5) is 28.0. The molecule has 0 aromatic heterocycles. The minimum absolute atomic E-state index is 0.0191. The second kappa shape index (κ2) is 7.60. The molecule has 2 fully saturated rings. The molecule has 2 unspecified atom stereocenters. The first kappa shape index (κ1) is 18.6. The smallest absolute Gasteiger partial charge is 0.254 e. The third kappa shape index (κ3) is 3.81. The molecule has 26 heavy (non-hydrogen) atoms. The summed E-state index contributed by atoms with van der Waals surface area (Å²) in [5, 5.41) is 0. The van der Waals surface area contributed by atoms with E-state index in [4.69, 9.17) is 9.47 Å². The number of carbonyl (C=O) groups excluding carboxylic acids is 2. The van der Waals surface area contributed by atoms with E-state index in [0.717, 1.165) is 25.1 Å². The van der Waals surface area contributed by atoms with Crippen LogP contribution in [0.3, 0.4) is 0 Å². The zero-order chi connectivity index (χ0) is 18.7. The first-order valence-electron chi connectivity index (χ1n) is 8.99. The molecule has 0 N–H and O–H groups in total. The lowest BCUT2D eigenvalue weighted by atomic mass is 9.93. The van der Waals surface area contributed by atoms with Gasteiger partial charge in [-0.05, 0) is 50.1 Å². The van der Waals surface area contributed by atoms with Gasteiger partial charge in [0.25, 0.3) is 5.91 Å². The molecule has 1 spiro atoms. The Bertz CT molecular complexity index is 680. The van der Waals surface area contributed by atoms with Crippen molar-refractivity contribution in [1.82, 2.24) is 4.90 Å². The highest BCUT2D eigenvalue weighted by molar-refractivity contribution is 6.01. The number of amides is 2. The highest BCUT2D eigenvalue weighted by Crippen LogP contribution is 2.31. The Balaban J connectivity index is 1.73. The molecule has 0 saturated carbocycles. The molecule has 6 nitrogen and oxygen atoms in total. The lowest BCUT2D eigenvalue weighted by Crippen LogP contribution is -2.59. The van der Waals surface area contributed by atoms with E-state index in [1.54, 1.807) is 31.3 Å². The Labute approximate surface area is 154 Å². The predicted octanol–water partition coefficient (Wildman–Crippen LogP) is 2.25. The Morgan fingerprint density at radius 1 is 1.35 bits per heavy atom. The maximum Gasteiger partial charge on any atom is 0.254 e. The van der Waals surface area contributed by atoms with E-state index < -0.39 is 0 Å². The first-order valence-corrected chi connectivity index (χ1v) is 8.99. The molecule has 2 saturated heterocycles. The fourth-order valence-corrected chi connectivity index (χ4v) is 3.70. The van der Waals surface area contributed by atoms with Crippen molar-refractivity contribution in [2.75, 3.05) is 38.3 Å². The van der Waals surface area contributed by atoms with Gasteiger partial charge in [-0.3, -0.25) is 9.59 Å². The van der Waals surface area contributed by atoms with E-state index in [1.807, 2.05) is 11.8 Å². The van der Waals surface area contributed by atoms with Crippen LogP contribution >= 0.6 is 0 Å². The topological polar surface area (TPSA) is 59.1 Å². The van der Waals surface area contributed by atoms with Gasteiger partial charge in [0.1, 0.15) is 5.60 Å². The molecule has 2 aliphatic heterocycles. The number of benzene rings is 1. The summed E-state index contributed by atoms with van der Waals surface area (Å²) in [5.41, 5.74) is 0.940. The van der Waals surface area contributed by atoms with Crippen LogP contribution in [-0.4, -0.2) is 61.8 Å². The van der Waals surface area contributed by atoms with Crippen molar-refractivity contribution in [2.24, 2.45) is 0 Å². The summed E-state index contributed by atoms with van der Waals surface area (Å²) < 4.78 is 11.8. The molecular weight excluding hydrogens is 332 g/mol. The van der Waals surface area contributed by atoms with Gasteiger partial charge in [-0.25, -0.2) is 0 Å². The van der Waals surface area contributed by atoms with Crippen LogP contribution < -0.4 is 4.90 Å². The SMILES string of the molecule is C=CC(=O)N(C)c1ccc(C(=O)N2CC(C)OC3(CCCOC3)C2)cc1. The van der Waals surface area contributed by atoms with Crippen molar-refractivity contribution in [1.29, 1.82) is 0 Å². The van der Waals surface area contributed by atoms with E-state index >= 15 is 0 Å². The van der Waals surface area contributed by atoms with Crippen molar-refractivity contribution in [3.63, 3.8) is 0 Å². The summed E-state index contributed by atoms with van der Waals surface area (Å²) in [5.74, 6) is -0.209. The van der Waals surface area contributed by atoms with Gasteiger partial charge in [-0.15, -0.1) is 0 Å². The normalized spacial score (nSPS) is 25.8. The molecule has 6 heteroatoms. The number of morpholine rings is 1. The molecule has 0 aliphatic carbocycles. The summed E-state index contributed by atoms with van der Waals surface area (Å²) in [6.07, 6.45) is 3.10. The quantitative estimate of drug-likeness (QED) is 0.778. The number of nitrogens with zero attached hydrogens (tertiary/aromatic N) is 2. The summed E-state index contributed by atoms with van der Waals surface area (Å²) in [6.45, 7) is 7.89. The lowest BCUT2D eigenvalue weighted by Gasteiger charge is -2.47. The van der Waals surface area contributed by atoms with Crippen molar-refractivity contribution in [3.05, 3.63) is 42.5 Å². The molecule has 2 amide bonds. The highest BCUT2D eigenvalue weighted by atomic mass is 16.6. The van der Waals surface area contributed by atoms with Gasteiger partial charge in [0.2, 0.25) is 5.91 Å². The molecule has 1 aromatic rings. The summed E-state index contributed by atoms with van der Waals surface area (Å²) in [6, 6.07) is 7.07. The molecule has 0 bridgehead atoms. The maximum atomic E-state index is 13.0. The number of hydrogen-bond donors (Lipinski definition) is 0. The van der Waals surface area contributed by atoms with Gasteiger partial charge in [-0.1, -0.05) is 6.58 Å². The van der Waals surface area contributed by atoms with Crippen molar-refractivity contribution < 1.29 is 19.1 Å². The number of carbonyl (C=O) groups is 2. The number of hydrogen-bond acceptors (Lipinski definition) is 4. The fraction of sp³-hybridized carbons (Fsp3) is 0.500. The molecule has 0 radical (unpaired) electrons. The zero-order valence-corrected chi connectivity index (χ0v) is 15.4. The standard InChI is InChI=1S/C20H26N2O4/c1-4-18(23)21(3)17-8-6-16(7-9-17)19(24)22-12-15(2)26-20(13-22)10-5-11-25-14-20/h4,6-9,15H,1,5,10-14H2,2-3H3. The number of ether oxygens (including phenoxy) is 2. The van der Waals surface area contributed by atoms with Gasteiger partial charge in [-0.2, -0.15) is 0 Å². The Hall–Kier alpha value is -2.18. The van der Waals surface area contributed by atoms with Crippen molar-refractivity contribution >= 4 is 17.5 Å². The molecule has 2 atom stereocenters. The largest absolute Gasteiger partial charge is 0.378 e. The molecule has 2 aliphatic rings. The maximum absolute atomic E-state index is 13.0. The van der Waals surface area contributed by atoms with Crippen LogP contribution in [0.2, 0.25) is 0 Å². The minimum Gasteiger partial charge on any atom is -0.378 e. The number of likely N-dealkylation sites (N-methyl/N-ethyl adjacent to an activating group) is 1. The van der Waals surface area contributed by atoms with Crippen LogP contribution in [0.25, 0.3) is 0 Å². The Morgan fingerprint density at radius 3 is 2.69 bits per heavy atom. The van der Waals surface area contributed by atoms with Crippen LogP contribution in [0.5, 0.6) is 0 Å². The van der Waals surface area contributed by atoms with Gasteiger partial charge < -0.3 is 19.3 Å². The van der Waals surface area contributed by atoms with E-state index in [0.29, 0.717) is 25.3 Å².